The third-order valence-corrected chi connectivity index (χ3v) is 3.62. The van der Waals surface area contributed by atoms with Crippen molar-refractivity contribution in [3.8, 4) is 5.75 Å². The maximum atomic E-state index is 12.2. The fourth-order valence-corrected chi connectivity index (χ4v) is 2.32. The standard InChI is InChI=1S/C18H28O5/c1-5-7-8-9-14-23-16-12-10-15(11-13-16)18(20-3,21-4)17(19)22-6-2/h10-13H,5-9,14H2,1-4H3. The molecule has 0 aliphatic carbocycles. The molecule has 5 heteroatoms. The van der Waals surface area contributed by atoms with Crippen LogP contribution in [0.3, 0.4) is 0 Å². The predicted octanol–water partition coefficient (Wildman–Crippen LogP) is 3.65. The number of unbranched alkanes of at least 4 members (excludes halogenated alkanes) is 3. The molecule has 23 heavy (non-hydrogen) atoms. The van der Waals surface area contributed by atoms with Gasteiger partial charge in [0.2, 0.25) is 0 Å². The zero-order chi connectivity index (χ0) is 17.1. The van der Waals surface area contributed by atoms with Crippen LogP contribution in [0.2, 0.25) is 0 Å². The van der Waals surface area contributed by atoms with E-state index in [0.29, 0.717) is 12.2 Å². The molecule has 0 heterocycles. The highest BCUT2D eigenvalue weighted by molar-refractivity contribution is 5.79. The summed E-state index contributed by atoms with van der Waals surface area (Å²) in [6, 6.07) is 7.12. The SMILES string of the molecule is CCCCCCOc1ccc(C(OC)(OC)C(=O)OCC)cc1. The van der Waals surface area contributed by atoms with Crippen LogP contribution < -0.4 is 4.74 Å². The number of rotatable bonds is 11. The summed E-state index contributed by atoms with van der Waals surface area (Å²) < 4.78 is 21.4. The monoisotopic (exact) mass is 324 g/mol. The normalized spacial score (nSPS) is 11.3. The van der Waals surface area contributed by atoms with Gasteiger partial charge in [0.1, 0.15) is 5.75 Å². The molecule has 0 aliphatic rings. The van der Waals surface area contributed by atoms with E-state index in [4.69, 9.17) is 18.9 Å². The Morgan fingerprint density at radius 3 is 2.17 bits per heavy atom. The zero-order valence-electron chi connectivity index (χ0n) is 14.6. The highest BCUT2D eigenvalue weighted by Crippen LogP contribution is 2.29. The fraction of sp³-hybridized carbons (Fsp3) is 0.611. The van der Waals surface area contributed by atoms with E-state index in [1.165, 1.54) is 33.5 Å². The van der Waals surface area contributed by atoms with Gasteiger partial charge in [-0.05, 0) is 37.6 Å². The van der Waals surface area contributed by atoms with Gasteiger partial charge in [0, 0.05) is 19.8 Å². The number of ether oxygens (including phenoxy) is 4. The molecule has 130 valence electrons. The lowest BCUT2D eigenvalue weighted by atomic mass is 10.1. The van der Waals surface area contributed by atoms with E-state index in [9.17, 15) is 4.79 Å². The quantitative estimate of drug-likeness (QED) is 0.353. The van der Waals surface area contributed by atoms with E-state index in [2.05, 4.69) is 6.92 Å². The molecule has 0 saturated carbocycles. The van der Waals surface area contributed by atoms with Crippen molar-refractivity contribution in [2.75, 3.05) is 27.4 Å². The first-order chi connectivity index (χ1) is 11.1. The minimum absolute atomic E-state index is 0.256. The van der Waals surface area contributed by atoms with Crippen LogP contribution in [0, 0.1) is 0 Å². The Labute approximate surface area is 138 Å². The molecule has 5 nitrogen and oxygen atoms in total. The van der Waals surface area contributed by atoms with Crippen LogP contribution >= 0.6 is 0 Å². The van der Waals surface area contributed by atoms with Crippen LogP contribution in [0.5, 0.6) is 5.75 Å². The number of carbonyl (C=O) groups is 1. The van der Waals surface area contributed by atoms with E-state index < -0.39 is 11.8 Å². The lowest BCUT2D eigenvalue weighted by molar-refractivity contribution is -0.235. The molecule has 0 saturated heterocycles. The van der Waals surface area contributed by atoms with Crippen LogP contribution in [-0.4, -0.2) is 33.4 Å². The zero-order valence-corrected chi connectivity index (χ0v) is 14.6. The van der Waals surface area contributed by atoms with Crippen molar-refractivity contribution in [2.45, 2.75) is 45.3 Å². The molecule has 0 N–H and O–H groups in total. The van der Waals surface area contributed by atoms with Gasteiger partial charge in [0.05, 0.1) is 13.2 Å². The van der Waals surface area contributed by atoms with Crippen LogP contribution in [0.1, 0.15) is 45.1 Å². The minimum Gasteiger partial charge on any atom is -0.494 e. The summed E-state index contributed by atoms with van der Waals surface area (Å²) in [5.74, 6) is -1.36. The topological polar surface area (TPSA) is 54.0 Å². The van der Waals surface area contributed by atoms with E-state index >= 15 is 0 Å². The van der Waals surface area contributed by atoms with Crippen molar-refractivity contribution < 1.29 is 23.7 Å². The first kappa shape index (κ1) is 19.5. The van der Waals surface area contributed by atoms with Crippen molar-refractivity contribution in [2.24, 2.45) is 0 Å². The molecule has 0 radical (unpaired) electrons. The third-order valence-electron chi connectivity index (χ3n) is 3.62. The molecule has 0 amide bonds. The Bertz CT molecular complexity index is 451. The van der Waals surface area contributed by atoms with Crippen molar-refractivity contribution in [3.63, 3.8) is 0 Å². The van der Waals surface area contributed by atoms with Gasteiger partial charge in [0.25, 0.3) is 5.79 Å². The first-order valence-corrected chi connectivity index (χ1v) is 8.15. The number of carbonyl (C=O) groups excluding carboxylic acids is 1. The fourth-order valence-electron chi connectivity index (χ4n) is 2.32. The number of hydrogen-bond acceptors (Lipinski definition) is 5. The Kier molecular flexibility index (Phi) is 8.66. The van der Waals surface area contributed by atoms with Crippen molar-refractivity contribution in [1.29, 1.82) is 0 Å². The van der Waals surface area contributed by atoms with Crippen LogP contribution in [0.25, 0.3) is 0 Å². The van der Waals surface area contributed by atoms with E-state index in [-0.39, 0.29) is 6.61 Å². The molecule has 0 aromatic heterocycles. The highest BCUT2D eigenvalue weighted by Gasteiger charge is 2.42. The van der Waals surface area contributed by atoms with Gasteiger partial charge >= 0.3 is 5.97 Å². The van der Waals surface area contributed by atoms with E-state index in [1.54, 1.807) is 31.2 Å². The molecule has 1 aromatic rings. The summed E-state index contributed by atoms with van der Waals surface area (Å²) in [4.78, 5) is 12.2. The second kappa shape index (κ2) is 10.2. The summed E-state index contributed by atoms with van der Waals surface area (Å²) in [7, 11) is 2.83. The third kappa shape index (κ3) is 5.22. The Morgan fingerprint density at radius 2 is 1.65 bits per heavy atom. The van der Waals surface area contributed by atoms with Crippen molar-refractivity contribution in [1.82, 2.24) is 0 Å². The average Bonchev–Trinajstić information content (AvgIpc) is 2.58. The largest absolute Gasteiger partial charge is 0.494 e. The first-order valence-electron chi connectivity index (χ1n) is 8.15. The summed E-state index contributed by atoms with van der Waals surface area (Å²) in [5, 5.41) is 0. The molecule has 0 fully saturated rings. The number of methoxy groups -OCH3 is 2. The van der Waals surface area contributed by atoms with Crippen LogP contribution in [-0.2, 0) is 24.8 Å². The molecule has 0 atom stereocenters. The molecule has 0 aliphatic heterocycles. The molecular weight excluding hydrogens is 296 g/mol. The lowest BCUT2D eigenvalue weighted by Crippen LogP contribution is -2.41. The van der Waals surface area contributed by atoms with Gasteiger partial charge in [-0.15, -0.1) is 0 Å². The van der Waals surface area contributed by atoms with Gasteiger partial charge < -0.3 is 18.9 Å². The van der Waals surface area contributed by atoms with Gasteiger partial charge in [0.15, 0.2) is 0 Å². The van der Waals surface area contributed by atoms with E-state index in [0.717, 1.165) is 12.2 Å². The number of esters is 1. The second-order valence-electron chi connectivity index (χ2n) is 5.18. The summed E-state index contributed by atoms with van der Waals surface area (Å²) in [6.07, 6.45) is 4.65. The van der Waals surface area contributed by atoms with Gasteiger partial charge in [-0.25, -0.2) is 4.79 Å². The number of benzene rings is 1. The summed E-state index contributed by atoms with van der Waals surface area (Å²) >= 11 is 0. The highest BCUT2D eigenvalue weighted by atomic mass is 16.7. The summed E-state index contributed by atoms with van der Waals surface area (Å²) in [6.45, 7) is 4.87. The van der Waals surface area contributed by atoms with Gasteiger partial charge in [-0.1, -0.05) is 26.2 Å². The molecular formula is C18H28O5. The molecule has 1 aromatic carbocycles. The molecule has 1 rings (SSSR count). The van der Waals surface area contributed by atoms with Crippen LogP contribution in [0.15, 0.2) is 24.3 Å². The summed E-state index contributed by atoms with van der Waals surface area (Å²) in [5.41, 5.74) is 0.569. The molecule has 0 unspecified atom stereocenters. The molecule has 0 spiro atoms. The van der Waals surface area contributed by atoms with Crippen molar-refractivity contribution >= 4 is 5.97 Å². The Balaban J connectivity index is 2.74. The maximum Gasteiger partial charge on any atom is 0.372 e. The van der Waals surface area contributed by atoms with Crippen LogP contribution in [0.4, 0.5) is 0 Å². The smallest absolute Gasteiger partial charge is 0.372 e. The maximum absolute atomic E-state index is 12.2. The average molecular weight is 324 g/mol. The van der Waals surface area contributed by atoms with Gasteiger partial charge in [-0.2, -0.15) is 0 Å². The predicted molar refractivity (Wildman–Crippen MR) is 88.4 cm³/mol. The lowest BCUT2D eigenvalue weighted by Gasteiger charge is -2.28. The minimum atomic E-state index is -1.55. The second-order valence-corrected chi connectivity index (χ2v) is 5.18. The number of hydrogen-bond donors (Lipinski definition) is 0. The Hall–Kier alpha value is -1.59. The van der Waals surface area contributed by atoms with Crippen molar-refractivity contribution in [3.05, 3.63) is 29.8 Å². The molecule has 0 bridgehead atoms. The Morgan fingerprint density at radius 1 is 1.00 bits per heavy atom. The van der Waals surface area contributed by atoms with Gasteiger partial charge in [-0.3, -0.25) is 0 Å². The van der Waals surface area contributed by atoms with E-state index in [1.807, 2.05) is 0 Å².